The second-order valence-corrected chi connectivity index (χ2v) is 26.1. The summed E-state index contributed by atoms with van der Waals surface area (Å²) >= 11 is 0. The van der Waals surface area contributed by atoms with Gasteiger partial charge in [-0.25, -0.2) is 0 Å². The van der Waals surface area contributed by atoms with Crippen molar-refractivity contribution in [3.05, 3.63) is 11.6 Å². The first-order valence-corrected chi connectivity index (χ1v) is 25.2. The van der Waals surface area contributed by atoms with Crippen molar-refractivity contribution in [1.82, 2.24) is 0 Å². The van der Waals surface area contributed by atoms with Gasteiger partial charge in [-0.05, 0) is 269 Å². The summed E-state index contributed by atoms with van der Waals surface area (Å²) in [5.41, 5.74) is 4.64. The number of rotatable bonds is 1. The molecule has 0 aromatic carbocycles. The molecule has 294 valence electrons. The van der Waals surface area contributed by atoms with Crippen LogP contribution >= 0.6 is 0 Å². The Bertz CT molecular complexity index is 1490. The third-order valence-electron chi connectivity index (χ3n) is 22.9. The van der Waals surface area contributed by atoms with Gasteiger partial charge in [-0.1, -0.05) is 59.1 Å². The molecule has 0 nitrogen and oxygen atoms in total. The molecule has 10 fully saturated rings. The van der Waals surface area contributed by atoms with E-state index in [1.165, 1.54) is 19.3 Å². The van der Waals surface area contributed by atoms with Gasteiger partial charge in [0.25, 0.3) is 0 Å². The second-order valence-electron chi connectivity index (χ2n) is 26.1. The van der Waals surface area contributed by atoms with Crippen molar-refractivity contribution in [2.45, 2.75) is 189 Å². The maximum absolute atomic E-state index is 3.18. The Morgan fingerprint density at radius 1 is 0.604 bits per heavy atom. The molecule has 53 heavy (non-hydrogen) atoms. The van der Waals surface area contributed by atoms with Gasteiger partial charge in [0.15, 0.2) is 0 Å². The summed E-state index contributed by atoms with van der Waals surface area (Å²) in [5.74, 6) is 18.4. The van der Waals surface area contributed by atoms with Crippen LogP contribution in [0, 0.1) is 128 Å². The van der Waals surface area contributed by atoms with Crippen molar-refractivity contribution in [3.63, 3.8) is 0 Å². The Morgan fingerprint density at radius 2 is 1.47 bits per heavy atom. The smallest absolute Gasteiger partial charge is 0.00561 e. The van der Waals surface area contributed by atoms with Gasteiger partial charge < -0.3 is 0 Å². The molecule has 12 rings (SSSR count). The maximum Gasteiger partial charge on any atom is -0.00561 e. The molecule has 0 aliphatic heterocycles. The summed E-state index contributed by atoms with van der Waals surface area (Å²) in [6.07, 6.45) is 41.6. The lowest BCUT2D eigenvalue weighted by Crippen LogP contribution is -2.54. The third-order valence-corrected chi connectivity index (χ3v) is 22.9. The standard InChI is InChI=1S/C53H82/c1-6-33-24-50(4)23-31(2)13-32(3)44-16-34-7-8-37-19-42(20-38-21-45(38)44)53(12-9-36-18-40(36)27-50)30-43(53)29-52(25-33)26-35-15-41(28-52)47-10-11-51(47,5)48-22-39(14-34)49(37)46(48)17-35/h20,31-41,43-49H,6-19,21-30H2,1-5H3. The predicted molar refractivity (Wildman–Crippen MR) is 220 cm³/mol. The molecule has 22 unspecified atom stereocenters. The van der Waals surface area contributed by atoms with Gasteiger partial charge in [-0.2, -0.15) is 0 Å². The molecule has 2 spiro atoms. The van der Waals surface area contributed by atoms with Crippen molar-refractivity contribution in [2.24, 2.45) is 128 Å². The lowest BCUT2D eigenvalue weighted by Gasteiger charge is -2.62. The monoisotopic (exact) mass is 719 g/mol. The fraction of sp³-hybridized carbons (Fsp3) is 0.962. The van der Waals surface area contributed by atoms with Crippen LogP contribution in [-0.2, 0) is 0 Å². The van der Waals surface area contributed by atoms with E-state index in [2.05, 4.69) is 46.3 Å². The molecule has 0 saturated heterocycles. The molecule has 12 aliphatic rings. The molecule has 0 aromatic rings. The van der Waals surface area contributed by atoms with Crippen LogP contribution in [0.2, 0.25) is 0 Å². The third kappa shape index (κ3) is 5.49. The SMILES string of the molecule is CCC1CC2(C)CC(C)CC(C)C3CC4CCC5CC(=CC6CC63)C3(CCC6CC6C2)CC3CC2(CC3CC(C2)C2CCC2(C)C2CC(C4)C5C2C3)C1. The summed E-state index contributed by atoms with van der Waals surface area (Å²) in [5, 5.41) is 0. The summed E-state index contributed by atoms with van der Waals surface area (Å²) in [6.45, 7) is 14.0. The lowest BCUT2D eigenvalue weighted by atomic mass is 9.43. The van der Waals surface area contributed by atoms with Crippen LogP contribution in [-0.4, -0.2) is 0 Å². The van der Waals surface area contributed by atoms with Gasteiger partial charge >= 0.3 is 0 Å². The summed E-state index contributed by atoms with van der Waals surface area (Å²) < 4.78 is 0. The van der Waals surface area contributed by atoms with Crippen LogP contribution in [0.15, 0.2) is 11.6 Å². The fourth-order valence-corrected chi connectivity index (χ4v) is 20.9. The Kier molecular flexibility index (Phi) is 7.81. The highest BCUT2D eigenvalue weighted by molar-refractivity contribution is 5.31. The molecular formula is C53H82. The minimum absolute atomic E-state index is 0.560. The average Bonchev–Trinajstić information content (AvgIpc) is 4.03. The molecule has 22 atom stereocenters. The Labute approximate surface area is 327 Å². The zero-order chi connectivity index (χ0) is 35.6. The molecule has 0 N–H and O–H groups in total. The highest BCUT2D eigenvalue weighted by Crippen LogP contribution is 2.75. The average molecular weight is 719 g/mol. The van der Waals surface area contributed by atoms with Crippen molar-refractivity contribution >= 4 is 0 Å². The molecular weight excluding hydrogens is 637 g/mol. The molecule has 0 heteroatoms. The molecule has 12 aliphatic carbocycles. The van der Waals surface area contributed by atoms with E-state index in [0.717, 1.165) is 107 Å². The van der Waals surface area contributed by atoms with Gasteiger partial charge in [-0.15, -0.1) is 0 Å². The Balaban J connectivity index is 1.08. The van der Waals surface area contributed by atoms with Gasteiger partial charge in [0, 0.05) is 0 Å². The quantitative estimate of drug-likeness (QED) is 0.237. The first kappa shape index (κ1) is 34.8. The number of fused-ring (bicyclic) bond motifs is 8. The van der Waals surface area contributed by atoms with Gasteiger partial charge in [-0.3, -0.25) is 0 Å². The molecule has 10 saturated carbocycles. The molecule has 0 heterocycles. The van der Waals surface area contributed by atoms with E-state index in [9.17, 15) is 0 Å². The van der Waals surface area contributed by atoms with Gasteiger partial charge in [0.1, 0.15) is 0 Å². The fourth-order valence-electron chi connectivity index (χ4n) is 20.9. The van der Waals surface area contributed by atoms with Crippen LogP contribution in [0.1, 0.15) is 189 Å². The van der Waals surface area contributed by atoms with Crippen molar-refractivity contribution < 1.29 is 0 Å². The predicted octanol–water partition coefficient (Wildman–Crippen LogP) is 14.6. The van der Waals surface area contributed by atoms with E-state index in [1.807, 2.05) is 0 Å². The van der Waals surface area contributed by atoms with E-state index < -0.39 is 0 Å². The highest BCUT2D eigenvalue weighted by Gasteiger charge is 2.66. The molecule has 0 aromatic heterocycles. The topological polar surface area (TPSA) is 0 Å². The zero-order valence-electron chi connectivity index (χ0n) is 35.4. The minimum atomic E-state index is 0.560. The zero-order valence-corrected chi connectivity index (χ0v) is 35.4. The Morgan fingerprint density at radius 3 is 2.32 bits per heavy atom. The number of allylic oxidation sites excluding steroid dienone is 2. The lowest BCUT2D eigenvalue weighted by molar-refractivity contribution is -0.127. The number of hydrogen-bond donors (Lipinski definition) is 0. The largest absolute Gasteiger partial charge is 0.0813 e. The van der Waals surface area contributed by atoms with Gasteiger partial charge in [0.2, 0.25) is 0 Å². The van der Waals surface area contributed by atoms with E-state index >= 15 is 0 Å². The molecule has 0 radical (unpaired) electrons. The summed E-state index contributed by atoms with van der Waals surface area (Å²) in [7, 11) is 0. The summed E-state index contributed by atoms with van der Waals surface area (Å²) in [4.78, 5) is 0. The van der Waals surface area contributed by atoms with Crippen LogP contribution in [0.4, 0.5) is 0 Å². The minimum Gasteiger partial charge on any atom is -0.0813 e. The van der Waals surface area contributed by atoms with E-state index in [4.69, 9.17) is 0 Å². The van der Waals surface area contributed by atoms with Crippen LogP contribution in [0.5, 0.6) is 0 Å². The normalized spacial score (nSPS) is 63.1. The van der Waals surface area contributed by atoms with Crippen LogP contribution in [0.25, 0.3) is 0 Å². The van der Waals surface area contributed by atoms with Crippen molar-refractivity contribution in [1.29, 1.82) is 0 Å². The van der Waals surface area contributed by atoms with Crippen molar-refractivity contribution in [2.75, 3.05) is 0 Å². The second kappa shape index (κ2) is 11.9. The summed E-state index contributed by atoms with van der Waals surface area (Å²) in [6, 6.07) is 0. The van der Waals surface area contributed by atoms with E-state index in [1.54, 1.807) is 135 Å². The first-order valence-electron chi connectivity index (χ1n) is 25.2. The van der Waals surface area contributed by atoms with Crippen molar-refractivity contribution in [3.8, 4) is 0 Å². The van der Waals surface area contributed by atoms with Crippen LogP contribution < -0.4 is 0 Å². The van der Waals surface area contributed by atoms with E-state index in [-0.39, 0.29) is 0 Å². The first-order chi connectivity index (χ1) is 25.5. The Hall–Kier alpha value is -0.260. The number of hydrogen-bond acceptors (Lipinski definition) is 0. The van der Waals surface area contributed by atoms with Gasteiger partial charge in [0.05, 0.1) is 0 Å². The van der Waals surface area contributed by atoms with Crippen LogP contribution in [0.3, 0.4) is 0 Å². The molecule has 10 bridgehead atoms. The molecule has 0 amide bonds. The highest BCUT2D eigenvalue weighted by atomic mass is 14.7. The maximum atomic E-state index is 3.18. The van der Waals surface area contributed by atoms with E-state index in [0.29, 0.717) is 21.7 Å².